The first kappa shape index (κ1) is 27.5. The SMILES string of the molecule is CNC(=O)c1ccc(F)c(NCC#Cc2nc3c(N[C@@H]4CCN(C)C[C@@H]4F)cccn3c2SC(F)(F)F)c1. The number of aromatic nitrogens is 2. The summed E-state index contributed by atoms with van der Waals surface area (Å²) in [4.78, 5) is 18.0. The molecule has 1 saturated heterocycles. The molecular weight excluding hydrogens is 527 g/mol. The van der Waals surface area contributed by atoms with Crippen LogP contribution in [-0.2, 0) is 0 Å². The maximum atomic E-state index is 14.6. The Morgan fingerprint density at radius 1 is 1.26 bits per heavy atom. The molecule has 2 aromatic heterocycles. The van der Waals surface area contributed by atoms with Crippen molar-refractivity contribution in [2.45, 2.75) is 29.2 Å². The van der Waals surface area contributed by atoms with Crippen molar-refractivity contribution in [2.75, 3.05) is 44.4 Å². The Hall–Kier alpha value is -3.50. The van der Waals surface area contributed by atoms with Crippen molar-refractivity contribution in [1.82, 2.24) is 19.6 Å². The van der Waals surface area contributed by atoms with Gasteiger partial charge in [-0.25, -0.2) is 13.8 Å². The Kier molecular flexibility index (Phi) is 8.32. The number of pyridine rings is 1. The van der Waals surface area contributed by atoms with Gasteiger partial charge in [-0.05, 0) is 49.7 Å². The zero-order valence-electron chi connectivity index (χ0n) is 20.5. The molecule has 0 aliphatic carbocycles. The molecule has 2 atom stereocenters. The minimum absolute atomic E-state index is 0.0191. The number of amides is 1. The van der Waals surface area contributed by atoms with Crippen LogP contribution in [-0.4, -0.2) is 71.6 Å². The zero-order chi connectivity index (χ0) is 27.4. The molecule has 1 amide bonds. The second-order valence-corrected chi connectivity index (χ2v) is 9.73. The van der Waals surface area contributed by atoms with Crippen molar-refractivity contribution in [3.8, 4) is 11.8 Å². The van der Waals surface area contributed by atoms with E-state index >= 15 is 0 Å². The molecule has 0 saturated carbocycles. The molecule has 13 heteroatoms. The third kappa shape index (κ3) is 6.49. The molecule has 202 valence electrons. The molecule has 4 rings (SSSR count). The van der Waals surface area contributed by atoms with Crippen LogP contribution in [0.15, 0.2) is 41.6 Å². The van der Waals surface area contributed by atoms with E-state index in [0.717, 1.165) is 6.07 Å². The first-order valence-corrected chi connectivity index (χ1v) is 12.5. The van der Waals surface area contributed by atoms with E-state index in [1.807, 2.05) is 11.9 Å². The zero-order valence-corrected chi connectivity index (χ0v) is 21.3. The average Bonchev–Trinajstić information content (AvgIpc) is 3.20. The predicted octanol–water partition coefficient (Wildman–Crippen LogP) is 4.36. The highest BCUT2D eigenvalue weighted by atomic mass is 32.2. The number of anilines is 2. The van der Waals surface area contributed by atoms with Gasteiger partial charge in [-0.2, -0.15) is 13.2 Å². The van der Waals surface area contributed by atoms with Gasteiger partial charge in [-0.3, -0.25) is 9.20 Å². The van der Waals surface area contributed by atoms with Crippen LogP contribution >= 0.6 is 11.8 Å². The van der Waals surface area contributed by atoms with Gasteiger partial charge < -0.3 is 20.9 Å². The summed E-state index contributed by atoms with van der Waals surface area (Å²) in [5.74, 6) is 4.29. The number of nitrogens with one attached hydrogen (secondary N) is 3. The fraction of sp³-hybridized carbons (Fsp3) is 0.360. The van der Waals surface area contributed by atoms with Crippen molar-refractivity contribution in [2.24, 2.45) is 0 Å². The minimum atomic E-state index is -4.60. The summed E-state index contributed by atoms with van der Waals surface area (Å²) in [6.07, 6.45) is 0.812. The number of nitrogens with zero attached hydrogens (tertiary/aromatic N) is 3. The van der Waals surface area contributed by atoms with Crippen molar-refractivity contribution in [1.29, 1.82) is 0 Å². The highest BCUT2D eigenvalue weighted by Gasteiger charge is 2.33. The molecule has 3 aromatic rings. The number of carbonyl (C=O) groups is 1. The van der Waals surface area contributed by atoms with Crippen LogP contribution in [0.4, 0.5) is 33.3 Å². The number of hydrogen-bond acceptors (Lipinski definition) is 6. The number of carbonyl (C=O) groups excluding carboxylic acids is 1. The van der Waals surface area contributed by atoms with E-state index in [9.17, 15) is 26.7 Å². The Bertz CT molecular complexity index is 1380. The first-order valence-electron chi connectivity index (χ1n) is 11.7. The van der Waals surface area contributed by atoms with Crippen LogP contribution in [0.5, 0.6) is 0 Å². The quantitative estimate of drug-likeness (QED) is 0.240. The number of benzene rings is 1. The van der Waals surface area contributed by atoms with Gasteiger partial charge in [0.15, 0.2) is 5.65 Å². The van der Waals surface area contributed by atoms with E-state index in [4.69, 9.17) is 0 Å². The van der Waals surface area contributed by atoms with Gasteiger partial charge in [0.05, 0.1) is 24.0 Å². The lowest BCUT2D eigenvalue weighted by atomic mass is 10.0. The van der Waals surface area contributed by atoms with Crippen molar-refractivity contribution < 1.29 is 26.7 Å². The lowest BCUT2D eigenvalue weighted by Gasteiger charge is -2.33. The second-order valence-electron chi connectivity index (χ2n) is 8.68. The van der Waals surface area contributed by atoms with Gasteiger partial charge in [0.1, 0.15) is 22.7 Å². The molecule has 1 aromatic carbocycles. The fourth-order valence-corrected chi connectivity index (χ4v) is 4.74. The van der Waals surface area contributed by atoms with Crippen LogP contribution in [0.1, 0.15) is 22.5 Å². The fourth-order valence-electron chi connectivity index (χ4n) is 4.08. The van der Waals surface area contributed by atoms with Crippen molar-refractivity contribution in [3.63, 3.8) is 0 Å². The van der Waals surface area contributed by atoms with Crippen LogP contribution < -0.4 is 16.0 Å². The number of imidazole rings is 1. The molecule has 3 N–H and O–H groups in total. The number of alkyl halides is 4. The third-order valence-electron chi connectivity index (χ3n) is 5.93. The summed E-state index contributed by atoms with van der Waals surface area (Å²) in [5.41, 5.74) is -3.89. The van der Waals surface area contributed by atoms with E-state index in [1.54, 1.807) is 12.1 Å². The molecule has 0 radical (unpaired) electrons. The highest BCUT2D eigenvalue weighted by Crippen LogP contribution is 2.39. The molecule has 38 heavy (non-hydrogen) atoms. The van der Waals surface area contributed by atoms with Gasteiger partial charge in [0.2, 0.25) is 0 Å². The van der Waals surface area contributed by atoms with Gasteiger partial charge in [-0.15, -0.1) is 0 Å². The molecule has 3 heterocycles. The number of likely N-dealkylation sites (tertiary alicyclic amines) is 1. The van der Waals surface area contributed by atoms with Gasteiger partial charge in [0.25, 0.3) is 5.91 Å². The molecule has 1 fully saturated rings. The standard InChI is InChI=1S/C25H25F5N6OS/c1-31-23(37)15-7-8-16(26)21(13-15)32-10-3-5-20-24(38-25(28,29)30)36-11-4-6-19(22(36)34-20)33-18-9-12-35(2)14-17(18)27/h4,6-8,11,13,17-18,32-33H,9-10,12,14H2,1-2H3,(H,31,37)/t17-,18+/m0/s1. The normalized spacial score (nSPS) is 18.1. The molecule has 7 nitrogen and oxygen atoms in total. The molecule has 1 aliphatic rings. The molecule has 0 bridgehead atoms. The maximum absolute atomic E-state index is 14.6. The van der Waals surface area contributed by atoms with Crippen LogP contribution in [0, 0.1) is 17.7 Å². The summed E-state index contributed by atoms with van der Waals surface area (Å²) >= 11 is -0.352. The third-order valence-corrected chi connectivity index (χ3v) is 6.75. The molecule has 1 aliphatic heterocycles. The second kappa shape index (κ2) is 11.5. The number of thioether (sulfide) groups is 1. The van der Waals surface area contributed by atoms with Crippen molar-refractivity contribution in [3.05, 3.63) is 53.6 Å². The van der Waals surface area contributed by atoms with Crippen LogP contribution in [0.2, 0.25) is 0 Å². The lowest BCUT2D eigenvalue weighted by Crippen LogP contribution is -2.46. The van der Waals surface area contributed by atoms with E-state index < -0.39 is 29.4 Å². The van der Waals surface area contributed by atoms with E-state index in [-0.39, 0.29) is 52.5 Å². The largest absolute Gasteiger partial charge is 0.447 e. The number of halogens is 5. The number of rotatable bonds is 6. The lowest BCUT2D eigenvalue weighted by molar-refractivity contribution is -0.0330. The topological polar surface area (TPSA) is 73.7 Å². The number of piperidine rings is 1. The van der Waals surface area contributed by atoms with Gasteiger partial charge in [-0.1, -0.05) is 5.92 Å². The van der Waals surface area contributed by atoms with E-state index in [2.05, 4.69) is 32.8 Å². The molecule has 0 unspecified atom stereocenters. The molecular formula is C25H25F5N6OS. The highest BCUT2D eigenvalue weighted by molar-refractivity contribution is 8.00. The van der Waals surface area contributed by atoms with E-state index in [0.29, 0.717) is 18.7 Å². The Labute approximate surface area is 220 Å². The Morgan fingerprint density at radius 3 is 2.76 bits per heavy atom. The van der Waals surface area contributed by atoms with Gasteiger partial charge >= 0.3 is 5.51 Å². The smallest absolute Gasteiger partial charge is 0.376 e. The summed E-state index contributed by atoms with van der Waals surface area (Å²) in [6.45, 7) is 0.810. The first-order chi connectivity index (χ1) is 18.1. The van der Waals surface area contributed by atoms with Gasteiger partial charge in [0, 0.05) is 43.7 Å². The number of hydrogen-bond donors (Lipinski definition) is 3. The van der Waals surface area contributed by atoms with Crippen molar-refractivity contribution >= 4 is 34.7 Å². The summed E-state index contributed by atoms with van der Waals surface area (Å²) in [5, 5.41) is 8.03. The predicted molar refractivity (Wildman–Crippen MR) is 137 cm³/mol. The summed E-state index contributed by atoms with van der Waals surface area (Å²) < 4.78 is 70.2. The summed E-state index contributed by atoms with van der Waals surface area (Å²) in [7, 11) is 3.27. The monoisotopic (exact) mass is 552 g/mol. The van der Waals surface area contributed by atoms with Crippen LogP contribution in [0.25, 0.3) is 5.65 Å². The summed E-state index contributed by atoms with van der Waals surface area (Å²) in [6, 6.07) is 6.44. The number of fused-ring (bicyclic) bond motifs is 1. The van der Waals surface area contributed by atoms with Crippen LogP contribution in [0.3, 0.4) is 0 Å². The Balaban J connectivity index is 1.60. The average molecular weight is 553 g/mol. The minimum Gasteiger partial charge on any atom is -0.376 e. The molecule has 0 spiro atoms. The maximum Gasteiger partial charge on any atom is 0.447 e. The van der Waals surface area contributed by atoms with E-state index in [1.165, 1.54) is 29.8 Å². The Morgan fingerprint density at radius 2 is 2.05 bits per heavy atom.